The van der Waals surface area contributed by atoms with Crippen molar-refractivity contribution in [3.63, 3.8) is 0 Å². The van der Waals surface area contributed by atoms with Gasteiger partial charge < -0.3 is 10.3 Å². The Balaban J connectivity index is 2.04. The monoisotopic (exact) mass is 296 g/mol. The molecule has 20 heavy (non-hydrogen) atoms. The summed E-state index contributed by atoms with van der Waals surface area (Å²) in [7, 11) is 0. The van der Waals surface area contributed by atoms with Gasteiger partial charge in [-0.2, -0.15) is 0 Å². The van der Waals surface area contributed by atoms with Crippen molar-refractivity contribution in [2.45, 2.75) is 26.7 Å². The molecule has 1 aromatic rings. The van der Waals surface area contributed by atoms with Crippen LogP contribution in [0.5, 0.6) is 0 Å². The first-order chi connectivity index (χ1) is 9.52. The van der Waals surface area contributed by atoms with Gasteiger partial charge in [0.05, 0.1) is 10.6 Å². The molecule has 2 heterocycles. The second-order valence-corrected chi connectivity index (χ2v) is 5.98. The Hall–Kier alpha value is -1.33. The normalized spacial score (nSPS) is 16.6. The van der Waals surface area contributed by atoms with Crippen LogP contribution in [0.1, 0.15) is 37.0 Å². The zero-order chi connectivity index (χ0) is 14.7. The topological polar surface area (TPSA) is 71.2 Å². The molecule has 1 aromatic heterocycles. The highest BCUT2D eigenvalue weighted by Crippen LogP contribution is 2.26. The SMILES string of the molecule is CC(C)C1CCN(C(=O)c2cnc(NN)c(Cl)c2)CC1. The van der Waals surface area contributed by atoms with Gasteiger partial charge in [-0.15, -0.1) is 0 Å². The molecule has 6 heteroatoms. The maximum absolute atomic E-state index is 12.4. The summed E-state index contributed by atoms with van der Waals surface area (Å²) in [4.78, 5) is 18.3. The van der Waals surface area contributed by atoms with Gasteiger partial charge in [-0.3, -0.25) is 4.79 Å². The molecule has 0 bridgehead atoms. The van der Waals surface area contributed by atoms with Crippen LogP contribution in [0.25, 0.3) is 0 Å². The lowest BCUT2D eigenvalue weighted by Gasteiger charge is -2.33. The van der Waals surface area contributed by atoms with Gasteiger partial charge in [0.25, 0.3) is 5.91 Å². The van der Waals surface area contributed by atoms with Crippen molar-refractivity contribution in [3.8, 4) is 0 Å². The third-order valence-corrected chi connectivity index (χ3v) is 4.28. The Kier molecular flexibility index (Phi) is 4.83. The summed E-state index contributed by atoms with van der Waals surface area (Å²) in [6.07, 6.45) is 3.64. The Labute approximate surface area is 124 Å². The van der Waals surface area contributed by atoms with Gasteiger partial charge in [0, 0.05) is 19.3 Å². The summed E-state index contributed by atoms with van der Waals surface area (Å²) in [6.45, 7) is 6.08. The first-order valence-corrected chi connectivity index (χ1v) is 7.32. The molecule has 3 N–H and O–H groups in total. The maximum Gasteiger partial charge on any atom is 0.255 e. The zero-order valence-corrected chi connectivity index (χ0v) is 12.7. The minimum absolute atomic E-state index is 0.00909. The van der Waals surface area contributed by atoms with Crippen molar-refractivity contribution >= 4 is 23.3 Å². The zero-order valence-electron chi connectivity index (χ0n) is 11.9. The average molecular weight is 297 g/mol. The van der Waals surface area contributed by atoms with E-state index < -0.39 is 0 Å². The van der Waals surface area contributed by atoms with Crippen LogP contribution in [-0.4, -0.2) is 28.9 Å². The standard InChI is InChI=1S/C14H21ClN4O/c1-9(2)10-3-5-19(6-4-10)14(20)11-7-12(15)13(18-16)17-8-11/h7-10H,3-6,16H2,1-2H3,(H,17,18). The highest BCUT2D eigenvalue weighted by molar-refractivity contribution is 6.33. The number of halogens is 1. The number of nitrogens with zero attached hydrogens (tertiary/aromatic N) is 2. The van der Waals surface area contributed by atoms with E-state index in [-0.39, 0.29) is 5.91 Å². The number of likely N-dealkylation sites (tertiary alicyclic amines) is 1. The Morgan fingerprint density at radius 2 is 2.15 bits per heavy atom. The lowest BCUT2D eigenvalue weighted by molar-refractivity contribution is 0.0667. The van der Waals surface area contributed by atoms with Gasteiger partial charge >= 0.3 is 0 Å². The predicted octanol–water partition coefficient (Wildman–Crippen LogP) is 2.53. The van der Waals surface area contributed by atoms with Gasteiger partial charge in [-0.05, 0) is 30.7 Å². The Morgan fingerprint density at radius 1 is 1.50 bits per heavy atom. The van der Waals surface area contributed by atoms with Crippen molar-refractivity contribution in [1.82, 2.24) is 9.88 Å². The third-order valence-electron chi connectivity index (χ3n) is 3.99. The van der Waals surface area contributed by atoms with Crippen molar-refractivity contribution < 1.29 is 4.79 Å². The molecular formula is C14H21ClN4O. The summed E-state index contributed by atoms with van der Waals surface area (Å²) in [5.41, 5.74) is 2.90. The van der Waals surface area contributed by atoms with E-state index in [1.54, 1.807) is 6.07 Å². The highest BCUT2D eigenvalue weighted by Gasteiger charge is 2.25. The highest BCUT2D eigenvalue weighted by atomic mass is 35.5. The number of carbonyl (C=O) groups is 1. The molecule has 110 valence electrons. The van der Waals surface area contributed by atoms with Crippen LogP contribution in [-0.2, 0) is 0 Å². The van der Waals surface area contributed by atoms with Crippen LogP contribution in [0.2, 0.25) is 5.02 Å². The number of hydrogen-bond donors (Lipinski definition) is 2. The number of pyridine rings is 1. The lowest BCUT2D eigenvalue weighted by Crippen LogP contribution is -2.39. The summed E-state index contributed by atoms with van der Waals surface area (Å²) < 4.78 is 0. The lowest BCUT2D eigenvalue weighted by atomic mass is 9.86. The molecule has 0 aromatic carbocycles. The fourth-order valence-electron chi connectivity index (χ4n) is 2.61. The van der Waals surface area contributed by atoms with Gasteiger partial charge in [0.2, 0.25) is 0 Å². The van der Waals surface area contributed by atoms with E-state index in [0.717, 1.165) is 25.9 Å². The summed E-state index contributed by atoms with van der Waals surface area (Å²) in [6, 6.07) is 1.61. The van der Waals surface area contributed by atoms with E-state index in [1.165, 1.54) is 6.20 Å². The van der Waals surface area contributed by atoms with Crippen molar-refractivity contribution in [2.75, 3.05) is 18.5 Å². The quantitative estimate of drug-likeness (QED) is 0.664. The molecule has 1 amide bonds. The number of hydrogen-bond acceptors (Lipinski definition) is 4. The number of nitrogen functional groups attached to an aromatic ring is 1. The van der Waals surface area contributed by atoms with Crippen molar-refractivity contribution in [3.05, 3.63) is 22.8 Å². The number of piperidine rings is 1. The van der Waals surface area contributed by atoms with Crippen LogP contribution in [0.3, 0.4) is 0 Å². The van der Waals surface area contributed by atoms with Crippen LogP contribution >= 0.6 is 11.6 Å². The minimum Gasteiger partial charge on any atom is -0.339 e. The molecule has 0 spiro atoms. The summed E-state index contributed by atoms with van der Waals surface area (Å²) in [5.74, 6) is 7.03. The van der Waals surface area contributed by atoms with Gasteiger partial charge in [-0.25, -0.2) is 10.8 Å². The number of hydrazine groups is 1. The van der Waals surface area contributed by atoms with Crippen LogP contribution in [0, 0.1) is 11.8 Å². The number of aromatic nitrogens is 1. The molecule has 1 fully saturated rings. The van der Waals surface area contributed by atoms with Gasteiger partial charge in [-0.1, -0.05) is 25.4 Å². The van der Waals surface area contributed by atoms with Crippen LogP contribution in [0.4, 0.5) is 5.82 Å². The number of amides is 1. The number of carbonyl (C=O) groups excluding carboxylic acids is 1. The van der Waals surface area contributed by atoms with E-state index in [4.69, 9.17) is 17.4 Å². The van der Waals surface area contributed by atoms with Gasteiger partial charge in [0.15, 0.2) is 5.82 Å². The van der Waals surface area contributed by atoms with Crippen LogP contribution in [0.15, 0.2) is 12.3 Å². The first-order valence-electron chi connectivity index (χ1n) is 6.94. The number of nitrogens with two attached hydrogens (primary N) is 1. The fourth-order valence-corrected chi connectivity index (χ4v) is 2.83. The van der Waals surface area contributed by atoms with E-state index in [9.17, 15) is 4.79 Å². The predicted molar refractivity (Wildman–Crippen MR) is 80.5 cm³/mol. The molecule has 1 aliphatic rings. The second kappa shape index (κ2) is 6.41. The van der Waals surface area contributed by atoms with E-state index >= 15 is 0 Å². The minimum atomic E-state index is -0.00909. The Morgan fingerprint density at radius 3 is 2.65 bits per heavy atom. The molecule has 5 nitrogen and oxygen atoms in total. The molecule has 0 atom stereocenters. The molecule has 2 rings (SSSR count). The Bertz CT molecular complexity index is 484. The molecule has 0 radical (unpaired) electrons. The average Bonchev–Trinajstić information content (AvgIpc) is 2.46. The molecule has 0 unspecified atom stereocenters. The largest absolute Gasteiger partial charge is 0.339 e. The third kappa shape index (κ3) is 3.22. The smallest absolute Gasteiger partial charge is 0.255 e. The molecule has 1 saturated heterocycles. The van der Waals surface area contributed by atoms with Crippen LogP contribution < -0.4 is 11.3 Å². The molecular weight excluding hydrogens is 276 g/mol. The van der Waals surface area contributed by atoms with Gasteiger partial charge in [0.1, 0.15) is 0 Å². The summed E-state index contributed by atoms with van der Waals surface area (Å²) in [5, 5.41) is 0.357. The van der Waals surface area contributed by atoms with E-state index in [0.29, 0.717) is 28.2 Å². The van der Waals surface area contributed by atoms with E-state index in [2.05, 4.69) is 24.3 Å². The summed E-state index contributed by atoms with van der Waals surface area (Å²) >= 11 is 6.00. The van der Waals surface area contributed by atoms with Crippen molar-refractivity contribution in [2.24, 2.45) is 17.7 Å². The number of anilines is 1. The second-order valence-electron chi connectivity index (χ2n) is 5.57. The van der Waals surface area contributed by atoms with E-state index in [1.807, 2.05) is 4.90 Å². The number of rotatable bonds is 3. The molecule has 1 aliphatic heterocycles. The van der Waals surface area contributed by atoms with Crippen molar-refractivity contribution in [1.29, 1.82) is 0 Å². The molecule has 0 saturated carbocycles. The molecule has 0 aliphatic carbocycles. The maximum atomic E-state index is 12.4. The number of nitrogens with one attached hydrogen (secondary N) is 1. The first kappa shape index (κ1) is 15.1. The fraction of sp³-hybridized carbons (Fsp3) is 0.571.